The lowest BCUT2D eigenvalue weighted by atomic mass is 9.81. The first-order valence-corrected chi connectivity index (χ1v) is 7.19. The number of carbonyl (C=O) groups excluding carboxylic acids is 1. The summed E-state index contributed by atoms with van der Waals surface area (Å²) in [6.07, 6.45) is 3.50. The molecule has 0 spiro atoms. The van der Waals surface area contributed by atoms with Crippen molar-refractivity contribution in [1.29, 1.82) is 0 Å². The smallest absolute Gasteiger partial charge is 0.226 e. The third kappa shape index (κ3) is 1.85. The normalized spacial score (nSPS) is 24.6. The van der Waals surface area contributed by atoms with Crippen LogP contribution in [-0.2, 0) is 24.2 Å². The van der Waals surface area contributed by atoms with Gasteiger partial charge in [-0.2, -0.15) is 0 Å². The Morgan fingerprint density at radius 2 is 2.00 bits per heavy atom. The largest absolute Gasteiger partial charge is 0.469 e. The Morgan fingerprint density at radius 1 is 1.15 bits per heavy atom. The van der Waals surface area contributed by atoms with Crippen LogP contribution in [0.2, 0.25) is 0 Å². The van der Waals surface area contributed by atoms with Crippen LogP contribution in [0.1, 0.15) is 16.9 Å². The average molecular weight is 267 g/mol. The van der Waals surface area contributed by atoms with E-state index in [-0.39, 0.29) is 5.92 Å². The third-order valence-electron chi connectivity index (χ3n) is 4.59. The number of fused-ring (bicyclic) bond motifs is 2. The molecule has 1 aromatic heterocycles. The monoisotopic (exact) mass is 267 g/mol. The number of hydrogen-bond donors (Lipinski definition) is 0. The van der Waals surface area contributed by atoms with Crippen molar-refractivity contribution < 1.29 is 9.21 Å². The highest BCUT2D eigenvalue weighted by Crippen LogP contribution is 2.37. The molecule has 3 nitrogen and oxygen atoms in total. The molecule has 1 aliphatic carbocycles. The molecule has 2 aliphatic rings. The fraction of sp³-hybridized carbons (Fsp3) is 0.353. The molecule has 1 amide bonds. The van der Waals surface area contributed by atoms with E-state index in [4.69, 9.17) is 4.42 Å². The first-order valence-electron chi connectivity index (χ1n) is 7.19. The second kappa shape index (κ2) is 4.51. The number of carbonyl (C=O) groups is 1. The average Bonchev–Trinajstić information content (AvgIpc) is 3.03. The molecule has 3 heteroatoms. The summed E-state index contributed by atoms with van der Waals surface area (Å²) in [5.41, 5.74) is 2.43. The highest BCUT2D eigenvalue weighted by Gasteiger charge is 2.43. The van der Waals surface area contributed by atoms with E-state index in [1.165, 1.54) is 11.1 Å². The number of benzene rings is 1. The Kier molecular flexibility index (Phi) is 2.66. The second-order valence-electron chi connectivity index (χ2n) is 5.85. The first kappa shape index (κ1) is 11.8. The Balaban J connectivity index is 1.53. The van der Waals surface area contributed by atoms with Crippen molar-refractivity contribution in [3.63, 3.8) is 0 Å². The molecule has 4 rings (SSSR count). The van der Waals surface area contributed by atoms with Crippen LogP contribution in [0, 0.1) is 11.8 Å². The van der Waals surface area contributed by atoms with Crippen LogP contribution in [-0.4, -0.2) is 17.4 Å². The quantitative estimate of drug-likeness (QED) is 0.838. The van der Waals surface area contributed by atoms with E-state index in [0.29, 0.717) is 11.8 Å². The zero-order valence-corrected chi connectivity index (χ0v) is 11.3. The minimum atomic E-state index is 0.156. The molecule has 1 saturated heterocycles. The minimum Gasteiger partial charge on any atom is -0.469 e. The Hall–Kier alpha value is -2.03. The standard InChI is InChI=1S/C17H17NO2/c19-17-15-8-13-6-7-20-16(13)9-14(15)11-18(17)10-12-4-2-1-3-5-12/h1-7,14-15H,8-11H2/t14-,15+/m1/s1. The van der Waals surface area contributed by atoms with Crippen LogP contribution in [0.5, 0.6) is 0 Å². The van der Waals surface area contributed by atoms with Gasteiger partial charge in [0.1, 0.15) is 5.76 Å². The van der Waals surface area contributed by atoms with Gasteiger partial charge in [-0.25, -0.2) is 0 Å². The predicted octanol–water partition coefficient (Wildman–Crippen LogP) is 2.65. The van der Waals surface area contributed by atoms with Crippen LogP contribution in [0.15, 0.2) is 47.1 Å². The van der Waals surface area contributed by atoms with Gasteiger partial charge >= 0.3 is 0 Å². The summed E-state index contributed by atoms with van der Waals surface area (Å²) in [7, 11) is 0. The minimum absolute atomic E-state index is 0.156. The van der Waals surface area contributed by atoms with Gasteiger partial charge in [0.15, 0.2) is 0 Å². The van der Waals surface area contributed by atoms with Crippen molar-refractivity contribution in [3.8, 4) is 0 Å². The lowest BCUT2D eigenvalue weighted by Gasteiger charge is -2.21. The van der Waals surface area contributed by atoms with Gasteiger partial charge < -0.3 is 9.32 Å². The fourth-order valence-corrected chi connectivity index (χ4v) is 3.55. The molecule has 2 aromatic rings. The topological polar surface area (TPSA) is 33.5 Å². The molecule has 1 aliphatic heterocycles. The fourth-order valence-electron chi connectivity index (χ4n) is 3.55. The molecular formula is C17H17NO2. The van der Waals surface area contributed by atoms with Gasteiger partial charge in [-0.05, 0) is 29.5 Å². The van der Waals surface area contributed by atoms with Crippen LogP contribution in [0.25, 0.3) is 0 Å². The predicted molar refractivity (Wildman–Crippen MR) is 75.0 cm³/mol. The lowest BCUT2D eigenvalue weighted by molar-refractivity contribution is -0.131. The van der Waals surface area contributed by atoms with Crippen molar-refractivity contribution in [1.82, 2.24) is 4.90 Å². The van der Waals surface area contributed by atoms with Crippen molar-refractivity contribution in [2.75, 3.05) is 6.54 Å². The zero-order chi connectivity index (χ0) is 13.5. The SMILES string of the molecule is O=C1[C@H]2Cc3ccoc3C[C@@H]2CN1Cc1ccccc1. The summed E-state index contributed by atoms with van der Waals surface area (Å²) >= 11 is 0. The highest BCUT2D eigenvalue weighted by atomic mass is 16.3. The number of likely N-dealkylation sites (tertiary alicyclic amines) is 1. The number of amides is 1. The number of nitrogens with zero attached hydrogens (tertiary/aromatic N) is 1. The van der Waals surface area contributed by atoms with E-state index in [9.17, 15) is 4.79 Å². The number of rotatable bonds is 2. The summed E-state index contributed by atoms with van der Waals surface area (Å²) < 4.78 is 5.52. The van der Waals surface area contributed by atoms with Gasteiger partial charge in [-0.15, -0.1) is 0 Å². The molecule has 0 saturated carbocycles. The first-order chi connectivity index (χ1) is 9.81. The maximum atomic E-state index is 12.6. The molecule has 0 bridgehead atoms. The van der Waals surface area contributed by atoms with E-state index in [0.717, 1.165) is 31.7 Å². The van der Waals surface area contributed by atoms with E-state index in [2.05, 4.69) is 12.1 Å². The molecule has 2 atom stereocenters. The van der Waals surface area contributed by atoms with Crippen LogP contribution >= 0.6 is 0 Å². The maximum Gasteiger partial charge on any atom is 0.226 e. The van der Waals surface area contributed by atoms with Gasteiger partial charge in [0.05, 0.1) is 6.26 Å². The zero-order valence-electron chi connectivity index (χ0n) is 11.3. The molecule has 0 N–H and O–H groups in total. The van der Waals surface area contributed by atoms with Gasteiger partial charge in [0, 0.05) is 25.4 Å². The Labute approximate surface area is 118 Å². The third-order valence-corrected chi connectivity index (χ3v) is 4.59. The van der Waals surface area contributed by atoms with Gasteiger partial charge in [-0.1, -0.05) is 30.3 Å². The summed E-state index contributed by atoms with van der Waals surface area (Å²) in [5, 5.41) is 0. The summed E-state index contributed by atoms with van der Waals surface area (Å²) in [6.45, 7) is 1.59. The number of furan rings is 1. The highest BCUT2D eigenvalue weighted by molar-refractivity contribution is 5.82. The van der Waals surface area contributed by atoms with E-state index in [1.54, 1.807) is 6.26 Å². The van der Waals surface area contributed by atoms with E-state index < -0.39 is 0 Å². The molecule has 1 fully saturated rings. The molecular weight excluding hydrogens is 250 g/mol. The number of hydrogen-bond acceptors (Lipinski definition) is 2. The summed E-state index contributed by atoms with van der Waals surface area (Å²) in [6, 6.07) is 12.2. The second-order valence-corrected chi connectivity index (χ2v) is 5.85. The molecule has 2 heterocycles. The van der Waals surface area contributed by atoms with E-state index in [1.807, 2.05) is 29.2 Å². The van der Waals surface area contributed by atoms with Crippen molar-refractivity contribution in [3.05, 3.63) is 59.5 Å². The van der Waals surface area contributed by atoms with Crippen LogP contribution < -0.4 is 0 Å². The van der Waals surface area contributed by atoms with Crippen molar-refractivity contribution in [2.45, 2.75) is 19.4 Å². The molecule has 0 radical (unpaired) electrons. The molecule has 20 heavy (non-hydrogen) atoms. The maximum absolute atomic E-state index is 12.6. The van der Waals surface area contributed by atoms with Gasteiger partial charge in [0.25, 0.3) is 0 Å². The summed E-state index contributed by atoms with van der Waals surface area (Å²) in [5.74, 6) is 1.97. The molecule has 102 valence electrons. The van der Waals surface area contributed by atoms with Crippen molar-refractivity contribution >= 4 is 5.91 Å². The van der Waals surface area contributed by atoms with Crippen LogP contribution in [0.4, 0.5) is 0 Å². The van der Waals surface area contributed by atoms with E-state index >= 15 is 0 Å². The molecule has 0 unspecified atom stereocenters. The summed E-state index contributed by atoms with van der Waals surface area (Å²) in [4.78, 5) is 14.6. The molecule has 1 aromatic carbocycles. The van der Waals surface area contributed by atoms with Crippen molar-refractivity contribution in [2.24, 2.45) is 11.8 Å². The Morgan fingerprint density at radius 3 is 2.85 bits per heavy atom. The van der Waals surface area contributed by atoms with Gasteiger partial charge in [0.2, 0.25) is 5.91 Å². The Bertz CT molecular complexity index is 631. The van der Waals surface area contributed by atoms with Gasteiger partial charge in [-0.3, -0.25) is 4.79 Å². The lowest BCUT2D eigenvalue weighted by Crippen LogP contribution is -2.28. The van der Waals surface area contributed by atoms with Crippen LogP contribution in [0.3, 0.4) is 0 Å².